The van der Waals surface area contributed by atoms with Crippen molar-refractivity contribution < 1.29 is 13.2 Å². The molecule has 1 aromatic heterocycles. The number of amides is 1. The van der Waals surface area contributed by atoms with Crippen molar-refractivity contribution >= 4 is 27.3 Å². The van der Waals surface area contributed by atoms with E-state index in [0.29, 0.717) is 24.5 Å². The van der Waals surface area contributed by atoms with Crippen LogP contribution in [-0.4, -0.2) is 36.7 Å². The van der Waals surface area contributed by atoms with E-state index in [2.05, 4.69) is 10.3 Å². The van der Waals surface area contributed by atoms with Crippen LogP contribution in [0.15, 0.2) is 40.6 Å². The van der Waals surface area contributed by atoms with E-state index in [-0.39, 0.29) is 17.7 Å². The SMILES string of the molecule is O=C(NCc1csc(C2CCCN(S(=O)(=O)c3ccccc3)C2)n1)C1CCC1. The van der Waals surface area contributed by atoms with Crippen LogP contribution in [0.5, 0.6) is 0 Å². The average molecular weight is 420 g/mol. The van der Waals surface area contributed by atoms with Gasteiger partial charge >= 0.3 is 0 Å². The molecule has 6 nitrogen and oxygen atoms in total. The molecule has 8 heteroatoms. The summed E-state index contributed by atoms with van der Waals surface area (Å²) in [6.07, 6.45) is 4.87. The Morgan fingerprint density at radius 3 is 2.68 bits per heavy atom. The lowest BCUT2D eigenvalue weighted by atomic mass is 9.85. The van der Waals surface area contributed by atoms with E-state index in [0.717, 1.165) is 42.8 Å². The molecule has 0 bridgehead atoms. The number of hydrogen-bond acceptors (Lipinski definition) is 5. The monoisotopic (exact) mass is 419 g/mol. The van der Waals surface area contributed by atoms with Gasteiger partial charge in [-0.25, -0.2) is 13.4 Å². The zero-order valence-electron chi connectivity index (χ0n) is 15.7. The lowest BCUT2D eigenvalue weighted by molar-refractivity contribution is -0.127. The number of carbonyl (C=O) groups is 1. The summed E-state index contributed by atoms with van der Waals surface area (Å²) in [5.41, 5.74) is 0.857. The first-order valence-corrected chi connectivity index (χ1v) is 12.1. The minimum atomic E-state index is -3.47. The molecule has 2 aromatic rings. The standard InChI is InChI=1S/C20H25N3O3S2/c24-19(15-6-4-7-15)21-12-17-14-27-20(22-17)16-8-5-11-23(13-16)28(25,26)18-9-2-1-3-10-18/h1-3,9-10,14-16H,4-8,11-13H2,(H,21,24). The number of nitrogens with one attached hydrogen (secondary N) is 1. The molecule has 1 aliphatic heterocycles. The van der Waals surface area contributed by atoms with Gasteiger partial charge in [0.1, 0.15) is 0 Å². The molecule has 1 unspecified atom stereocenters. The first-order valence-electron chi connectivity index (χ1n) is 9.81. The normalized spacial score (nSPS) is 21.2. The predicted molar refractivity (Wildman–Crippen MR) is 108 cm³/mol. The summed E-state index contributed by atoms with van der Waals surface area (Å²) < 4.78 is 27.4. The van der Waals surface area contributed by atoms with Gasteiger partial charge < -0.3 is 5.32 Å². The fourth-order valence-corrected chi connectivity index (χ4v) is 6.18. The van der Waals surface area contributed by atoms with Crippen LogP contribution in [0.1, 0.15) is 48.7 Å². The molecule has 1 saturated carbocycles. The molecule has 150 valence electrons. The summed E-state index contributed by atoms with van der Waals surface area (Å²) in [6, 6.07) is 8.61. The molecule has 2 fully saturated rings. The van der Waals surface area contributed by atoms with E-state index in [9.17, 15) is 13.2 Å². The van der Waals surface area contributed by atoms with Gasteiger partial charge in [-0.3, -0.25) is 4.79 Å². The van der Waals surface area contributed by atoms with Gasteiger partial charge in [0, 0.05) is 30.3 Å². The Labute approximate surface area is 170 Å². The molecule has 0 spiro atoms. The Morgan fingerprint density at radius 1 is 1.18 bits per heavy atom. The second kappa shape index (κ2) is 8.31. The zero-order valence-corrected chi connectivity index (χ0v) is 17.3. The molecular weight excluding hydrogens is 394 g/mol. The number of piperidine rings is 1. The van der Waals surface area contributed by atoms with E-state index in [1.165, 1.54) is 0 Å². The van der Waals surface area contributed by atoms with Crippen LogP contribution in [0.4, 0.5) is 0 Å². The van der Waals surface area contributed by atoms with Gasteiger partial charge in [0.15, 0.2) is 0 Å². The minimum absolute atomic E-state index is 0.105. The Bertz CT molecular complexity index is 923. The molecule has 1 N–H and O–H groups in total. The van der Waals surface area contributed by atoms with E-state index >= 15 is 0 Å². The average Bonchev–Trinajstić information content (AvgIpc) is 3.15. The number of thiazole rings is 1. The van der Waals surface area contributed by atoms with Gasteiger partial charge in [0.05, 0.1) is 22.1 Å². The lowest BCUT2D eigenvalue weighted by Gasteiger charge is -2.31. The third kappa shape index (κ3) is 4.14. The molecule has 1 atom stereocenters. The van der Waals surface area contributed by atoms with E-state index in [1.54, 1.807) is 39.9 Å². The van der Waals surface area contributed by atoms with Crippen LogP contribution in [0.2, 0.25) is 0 Å². The molecule has 1 amide bonds. The number of rotatable bonds is 6. The first kappa shape index (κ1) is 19.5. The maximum atomic E-state index is 12.9. The Kier molecular flexibility index (Phi) is 5.80. The topological polar surface area (TPSA) is 79.4 Å². The quantitative estimate of drug-likeness (QED) is 0.780. The molecule has 2 heterocycles. The van der Waals surface area contributed by atoms with Gasteiger partial charge in [-0.05, 0) is 37.8 Å². The van der Waals surface area contributed by atoms with Crippen molar-refractivity contribution in [1.82, 2.24) is 14.6 Å². The summed E-state index contributed by atoms with van der Waals surface area (Å²) >= 11 is 1.56. The Balaban J connectivity index is 1.39. The van der Waals surface area contributed by atoms with Crippen molar-refractivity contribution in [2.24, 2.45) is 5.92 Å². The van der Waals surface area contributed by atoms with Crippen LogP contribution in [0.3, 0.4) is 0 Å². The molecule has 0 radical (unpaired) electrons. The Hall–Kier alpha value is -1.77. The Morgan fingerprint density at radius 2 is 1.96 bits per heavy atom. The summed E-state index contributed by atoms with van der Waals surface area (Å²) in [5.74, 6) is 0.403. The number of carbonyl (C=O) groups excluding carboxylic acids is 1. The van der Waals surface area contributed by atoms with E-state index in [4.69, 9.17) is 0 Å². The van der Waals surface area contributed by atoms with E-state index < -0.39 is 10.0 Å². The van der Waals surface area contributed by atoms with Crippen molar-refractivity contribution in [3.63, 3.8) is 0 Å². The van der Waals surface area contributed by atoms with Crippen molar-refractivity contribution in [2.75, 3.05) is 13.1 Å². The van der Waals surface area contributed by atoms with Crippen molar-refractivity contribution in [1.29, 1.82) is 0 Å². The fraction of sp³-hybridized carbons (Fsp3) is 0.500. The number of benzene rings is 1. The summed E-state index contributed by atoms with van der Waals surface area (Å²) in [5, 5.41) is 5.90. The van der Waals surface area contributed by atoms with Gasteiger partial charge in [0.25, 0.3) is 0 Å². The molecule has 1 aliphatic carbocycles. The highest BCUT2D eigenvalue weighted by molar-refractivity contribution is 7.89. The van der Waals surface area contributed by atoms with Crippen molar-refractivity contribution in [3.05, 3.63) is 46.4 Å². The minimum Gasteiger partial charge on any atom is -0.350 e. The predicted octanol–water partition coefficient (Wildman–Crippen LogP) is 3.13. The van der Waals surface area contributed by atoms with Crippen LogP contribution in [0.25, 0.3) is 0 Å². The summed E-state index contributed by atoms with van der Waals surface area (Å²) in [4.78, 5) is 17.0. The van der Waals surface area contributed by atoms with Gasteiger partial charge in [-0.1, -0.05) is 24.6 Å². The number of hydrogen-bond donors (Lipinski definition) is 1. The maximum absolute atomic E-state index is 12.9. The fourth-order valence-electron chi connectivity index (χ4n) is 3.69. The first-order chi connectivity index (χ1) is 13.5. The second-order valence-corrected chi connectivity index (χ2v) is 10.4. The molecule has 2 aliphatic rings. The van der Waals surface area contributed by atoms with Gasteiger partial charge in [0.2, 0.25) is 15.9 Å². The van der Waals surface area contributed by atoms with Crippen LogP contribution in [0, 0.1) is 5.92 Å². The lowest BCUT2D eigenvalue weighted by Crippen LogP contribution is -2.39. The molecule has 1 aromatic carbocycles. The smallest absolute Gasteiger partial charge is 0.243 e. The maximum Gasteiger partial charge on any atom is 0.243 e. The van der Waals surface area contributed by atoms with Crippen LogP contribution in [-0.2, 0) is 21.4 Å². The largest absolute Gasteiger partial charge is 0.350 e. The number of sulfonamides is 1. The van der Waals surface area contributed by atoms with Crippen molar-refractivity contribution in [2.45, 2.75) is 49.5 Å². The van der Waals surface area contributed by atoms with Crippen LogP contribution >= 0.6 is 11.3 Å². The number of nitrogens with zero attached hydrogens (tertiary/aromatic N) is 2. The highest BCUT2D eigenvalue weighted by Gasteiger charge is 2.32. The summed E-state index contributed by atoms with van der Waals surface area (Å²) in [6.45, 7) is 1.45. The zero-order chi connectivity index (χ0) is 19.6. The van der Waals surface area contributed by atoms with Crippen molar-refractivity contribution in [3.8, 4) is 0 Å². The third-order valence-electron chi connectivity index (χ3n) is 5.60. The highest BCUT2D eigenvalue weighted by Crippen LogP contribution is 2.32. The third-order valence-corrected chi connectivity index (χ3v) is 8.54. The molecule has 28 heavy (non-hydrogen) atoms. The molecule has 1 saturated heterocycles. The second-order valence-electron chi connectivity index (χ2n) is 7.54. The highest BCUT2D eigenvalue weighted by atomic mass is 32.2. The van der Waals surface area contributed by atoms with E-state index in [1.807, 2.05) is 11.4 Å². The summed E-state index contributed by atoms with van der Waals surface area (Å²) in [7, 11) is -3.47. The molecule has 4 rings (SSSR count). The van der Waals surface area contributed by atoms with Gasteiger partial charge in [-0.15, -0.1) is 11.3 Å². The van der Waals surface area contributed by atoms with Crippen LogP contribution < -0.4 is 5.32 Å². The van der Waals surface area contributed by atoms with Gasteiger partial charge in [-0.2, -0.15) is 4.31 Å². The number of aromatic nitrogens is 1. The molecular formula is C20H25N3O3S2.